The number of thioether (sulfide) groups is 1. The third kappa shape index (κ3) is 7.32. The Hall–Kier alpha value is 0.180. The van der Waals surface area contributed by atoms with Gasteiger partial charge in [0.05, 0.1) is 0 Å². The van der Waals surface area contributed by atoms with Crippen molar-refractivity contribution in [2.45, 2.75) is 46.1 Å². The second kappa shape index (κ2) is 10.0. The molecule has 21 heavy (non-hydrogen) atoms. The first-order valence-electron chi connectivity index (χ1n) is 8.05. The van der Waals surface area contributed by atoms with Gasteiger partial charge in [-0.1, -0.05) is 13.8 Å². The highest BCUT2D eigenvalue weighted by molar-refractivity contribution is 7.99. The highest BCUT2D eigenvalue weighted by Crippen LogP contribution is 2.18. The zero-order valence-electron chi connectivity index (χ0n) is 13.6. The minimum Gasteiger partial charge on any atom is -0.316 e. The first-order valence-corrected chi connectivity index (χ1v) is 10.6. The molecule has 0 spiro atoms. The molecule has 1 saturated heterocycles. The molecule has 1 aliphatic heterocycles. The molecule has 0 saturated carbocycles. The molecule has 1 heterocycles. The second-order valence-electron chi connectivity index (χ2n) is 5.73. The van der Waals surface area contributed by atoms with E-state index >= 15 is 0 Å². The first-order chi connectivity index (χ1) is 9.99. The van der Waals surface area contributed by atoms with Crippen molar-refractivity contribution in [2.24, 2.45) is 5.92 Å². The molecule has 1 unspecified atom stereocenters. The summed E-state index contributed by atoms with van der Waals surface area (Å²) in [7, 11) is -3.31. The van der Waals surface area contributed by atoms with Gasteiger partial charge in [0.15, 0.2) is 0 Å². The largest absolute Gasteiger partial charge is 0.316 e. The number of nitrogens with one attached hydrogen (secondary N) is 2. The molecular weight excluding hydrogens is 306 g/mol. The zero-order chi connectivity index (χ0) is 15.7. The monoisotopic (exact) mass is 337 g/mol. The van der Waals surface area contributed by atoms with Crippen LogP contribution in [-0.4, -0.2) is 56.4 Å². The second-order valence-corrected chi connectivity index (χ2v) is 8.75. The van der Waals surface area contributed by atoms with E-state index in [0.717, 1.165) is 43.9 Å². The van der Waals surface area contributed by atoms with Crippen LogP contribution in [0.1, 0.15) is 40.0 Å². The van der Waals surface area contributed by atoms with Crippen LogP contribution >= 0.6 is 11.8 Å². The van der Waals surface area contributed by atoms with Gasteiger partial charge in [-0.3, -0.25) is 0 Å². The van der Waals surface area contributed by atoms with Crippen molar-refractivity contribution < 1.29 is 8.42 Å². The molecule has 0 aromatic rings. The summed E-state index contributed by atoms with van der Waals surface area (Å²) < 4.78 is 29.0. The van der Waals surface area contributed by atoms with E-state index < -0.39 is 10.2 Å². The van der Waals surface area contributed by atoms with Crippen molar-refractivity contribution >= 4 is 22.0 Å². The van der Waals surface area contributed by atoms with E-state index in [4.69, 9.17) is 0 Å². The minimum atomic E-state index is -3.31. The summed E-state index contributed by atoms with van der Waals surface area (Å²) in [5, 5.41) is 3.43. The smallest absolute Gasteiger partial charge is 0.279 e. The third-order valence-electron chi connectivity index (χ3n) is 3.70. The molecule has 0 bridgehead atoms. The van der Waals surface area contributed by atoms with Crippen LogP contribution in [0, 0.1) is 5.92 Å². The molecule has 1 aliphatic rings. The van der Waals surface area contributed by atoms with E-state index in [2.05, 4.69) is 23.9 Å². The SMILES string of the molecule is CCCNCC1CCN(S(=O)(=O)NC(C)CSCC)CC1. The Morgan fingerprint density at radius 3 is 2.52 bits per heavy atom. The number of nitrogens with zero attached hydrogens (tertiary/aromatic N) is 1. The van der Waals surface area contributed by atoms with Gasteiger partial charge in [0, 0.05) is 24.9 Å². The fourth-order valence-corrected chi connectivity index (χ4v) is 4.70. The van der Waals surface area contributed by atoms with E-state index in [9.17, 15) is 8.42 Å². The third-order valence-corrected chi connectivity index (χ3v) is 6.58. The van der Waals surface area contributed by atoms with E-state index in [0.29, 0.717) is 19.0 Å². The molecule has 7 heteroatoms. The van der Waals surface area contributed by atoms with Gasteiger partial charge < -0.3 is 5.32 Å². The van der Waals surface area contributed by atoms with Gasteiger partial charge in [0.2, 0.25) is 0 Å². The van der Waals surface area contributed by atoms with Gasteiger partial charge >= 0.3 is 0 Å². The number of hydrogen-bond donors (Lipinski definition) is 2. The lowest BCUT2D eigenvalue weighted by Gasteiger charge is -2.32. The van der Waals surface area contributed by atoms with E-state index in [-0.39, 0.29) is 6.04 Å². The van der Waals surface area contributed by atoms with Crippen LogP contribution in [0.2, 0.25) is 0 Å². The summed E-state index contributed by atoms with van der Waals surface area (Å²) in [6.07, 6.45) is 3.05. The van der Waals surface area contributed by atoms with Gasteiger partial charge in [-0.2, -0.15) is 29.2 Å². The maximum absolute atomic E-state index is 12.3. The van der Waals surface area contributed by atoms with Crippen molar-refractivity contribution in [2.75, 3.05) is 37.7 Å². The van der Waals surface area contributed by atoms with Crippen LogP contribution in [0.5, 0.6) is 0 Å². The predicted molar refractivity (Wildman–Crippen MR) is 92.0 cm³/mol. The molecule has 0 aromatic heterocycles. The fourth-order valence-electron chi connectivity index (χ4n) is 2.49. The van der Waals surface area contributed by atoms with Gasteiger partial charge in [-0.25, -0.2) is 0 Å². The van der Waals surface area contributed by atoms with Crippen LogP contribution < -0.4 is 10.0 Å². The van der Waals surface area contributed by atoms with E-state index in [1.807, 2.05) is 6.92 Å². The fraction of sp³-hybridized carbons (Fsp3) is 1.00. The molecule has 0 aliphatic carbocycles. The highest BCUT2D eigenvalue weighted by atomic mass is 32.2. The van der Waals surface area contributed by atoms with Crippen LogP contribution in [0.25, 0.3) is 0 Å². The topological polar surface area (TPSA) is 61.4 Å². The summed E-state index contributed by atoms with van der Waals surface area (Å²) in [5.74, 6) is 2.45. The maximum atomic E-state index is 12.3. The molecule has 1 atom stereocenters. The molecule has 0 amide bonds. The Morgan fingerprint density at radius 1 is 1.29 bits per heavy atom. The summed E-state index contributed by atoms with van der Waals surface area (Å²) in [4.78, 5) is 0. The average molecular weight is 338 g/mol. The molecule has 1 fully saturated rings. The predicted octanol–water partition coefficient (Wildman–Crippen LogP) is 1.67. The van der Waals surface area contributed by atoms with Gasteiger partial charge in [-0.05, 0) is 50.9 Å². The molecule has 5 nitrogen and oxygen atoms in total. The van der Waals surface area contributed by atoms with E-state index in [1.165, 1.54) is 0 Å². The maximum Gasteiger partial charge on any atom is 0.279 e. The summed E-state index contributed by atoms with van der Waals surface area (Å²) in [5.41, 5.74) is 0. The van der Waals surface area contributed by atoms with Crippen molar-refractivity contribution in [1.29, 1.82) is 0 Å². The van der Waals surface area contributed by atoms with Crippen molar-refractivity contribution in [3.8, 4) is 0 Å². The van der Waals surface area contributed by atoms with E-state index in [1.54, 1.807) is 16.1 Å². The first kappa shape index (κ1) is 19.2. The Balaban J connectivity index is 2.34. The standard InChI is InChI=1S/C14H31N3O2S2/c1-4-8-15-11-14-6-9-17(10-7-14)21(18,19)16-13(3)12-20-5-2/h13-16H,4-12H2,1-3H3. The zero-order valence-corrected chi connectivity index (χ0v) is 15.2. The molecule has 2 N–H and O–H groups in total. The van der Waals surface area contributed by atoms with Crippen LogP contribution in [0.4, 0.5) is 0 Å². The van der Waals surface area contributed by atoms with Crippen LogP contribution in [0.15, 0.2) is 0 Å². The molecule has 0 aromatic carbocycles. The number of hydrogen-bond acceptors (Lipinski definition) is 4. The summed E-state index contributed by atoms with van der Waals surface area (Å²) in [6.45, 7) is 9.52. The van der Waals surface area contributed by atoms with Gasteiger partial charge in [-0.15, -0.1) is 0 Å². The highest BCUT2D eigenvalue weighted by Gasteiger charge is 2.28. The van der Waals surface area contributed by atoms with Gasteiger partial charge in [0.1, 0.15) is 0 Å². The average Bonchev–Trinajstić information content (AvgIpc) is 2.45. The Bertz CT molecular complexity index is 368. The minimum absolute atomic E-state index is 0.0103. The Morgan fingerprint density at radius 2 is 1.95 bits per heavy atom. The Labute approximate surface area is 134 Å². The van der Waals surface area contributed by atoms with Gasteiger partial charge in [0.25, 0.3) is 10.2 Å². The molecule has 1 rings (SSSR count). The lowest BCUT2D eigenvalue weighted by molar-refractivity contribution is 0.264. The summed E-state index contributed by atoms with van der Waals surface area (Å²) >= 11 is 1.76. The molecular formula is C14H31N3O2S2. The molecule has 126 valence electrons. The summed E-state index contributed by atoms with van der Waals surface area (Å²) in [6, 6.07) is -0.0103. The quantitative estimate of drug-likeness (QED) is 0.595. The number of rotatable bonds is 10. The van der Waals surface area contributed by atoms with Crippen molar-refractivity contribution in [3.63, 3.8) is 0 Å². The van der Waals surface area contributed by atoms with Crippen molar-refractivity contribution in [3.05, 3.63) is 0 Å². The lowest BCUT2D eigenvalue weighted by Crippen LogP contribution is -2.48. The van der Waals surface area contributed by atoms with Crippen LogP contribution in [0.3, 0.4) is 0 Å². The Kier molecular flexibility index (Phi) is 9.20. The van der Waals surface area contributed by atoms with Crippen LogP contribution in [-0.2, 0) is 10.2 Å². The normalized spacial score (nSPS) is 19.8. The number of piperidine rings is 1. The van der Waals surface area contributed by atoms with Crippen molar-refractivity contribution in [1.82, 2.24) is 14.3 Å². The lowest BCUT2D eigenvalue weighted by atomic mass is 9.98. The molecule has 0 radical (unpaired) electrons.